The van der Waals surface area contributed by atoms with E-state index < -0.39 is 11.3 Å². The molecule has 0 saturated carbocycles. The van der Waals surface area contributed by atoms with E-state index in [0.717, 1.165) is 0 Å². The standard InChI is InChI=1S/C9H12N2O2/c1-3-4-9(7(10)12)5-6-11(2)8(9)13/h1H,4-6H2,2H3,(H2,10,12)/t9-/m1/s1. The fraction of sp³-hybridized carbons (Fsp3) is 0.556. The van der Waals surface area contributed by atoms with Crippen molar-refractivity contribution in [2.75, 3.05) is 13.6 Å². The number of amides is 2. The van der Waals surface area contributed by atoms with E-state index >= 15 is 0 Å². The largest absolute Gasteiger partial charge is 0.369 e. The Morgan fingerprint density at radius 1 is 1.85 bits per heavy atom. The van der Waals surface area contributed by atoms with Crippen LogP contribution in [0.3, 0.4) is 0 Å². The van der Waals surface area contributed by atoms with Crippen molar-refractivity contribution in [1.82, 2.24) is 4.90 Å². The number of primary amides is 1. The van der Waals surface area contributed by atoms with Gasteiger partial charge >= 0.3 is 0 Å². The summed E-state index contributed by atoms with van der Waals surface area (Å²) in [5.74, 6) is 1.47. The second kappa shape index (κ2) is 3.09. The summed E-state index contributed by atoms with van der Waals surface area (Å²) in [5, 5.41) is 0. The quantitative estimate of drug-likeness (QED) is 0.453. The highest BCUT2D eigenvalue weighted by Crippen LogP contribution is 2.33. The molecular formula is C9H12N2O2. The monoisotopic (exact) mass is 180 g/mol. The Hall–Kier alpha value is -1.50. The fourth-order valence-electron chi connectivity index (χ4n) is 1.59. The van der Waals surface area contributed by atoms with Gasteiger partial charge in [0.05, 0.1) is 0 Å². The van der Waals surface area contributed by atoms with Crippen molar-refractivity contribution in [1.29, 1.82) is 0 Å². The number of nitrogens with zero attached hydrogens (tertiary/aromatic N) is 1. The highest BCUT2D eigenvalue weighted by Gasteiger charge is 2.49. The minimum atomic E-state index is -1.14. The van der Waals surface area contributed by atoms with E-state index in [2.05, 4.69) is 5.92 Å². The number of terminal acetylenes is 1. The Morgan fingerprint density at radius 3 is 2.77 bits per heavy atom. The van der Waals surface area contributed by atoms with Gasteiger partial charge in [0, 0.05) is 20.0 Å². The summed E-state index contributed by atoms with van der Waals surface area (Å²) in [6, 6.07) is 0. The molecule has 4 heteroatoms. The Morgan fingerprint density at radius 2 is 2.46 bits per heavy atom. The predicted molar refractivity (Wildman–Crippen MR) is 47.3 cm³/mol. The molecular weight excluding hydrogens is 168 g/mol. The molecule has 1 fully saturated rings. The first-order valence-corrected chi connectivity index (χ1v) is 4.03. The molecule has 0 unspecified atom stereocenters. The number of likely N-dealkylation sites (tertiary alicyclic amines) is 1. The van der Waals surface area contributed by atoms with Crippen LogP contribution in [0.5, 0.6) is 0 Å². The molecule has 1 aliphatic rings. The number of hydrogen-bond donors (Lipinski definition) is 1. The maximum absolute atomic E-state index is 11.6. The van der Waals surface area contributed by atoms with Crippen LogP contribution in [0.4, 0.5) is 0 Å². The van der Waals surface area contributed by atoms with Crippen molar-refractivity contribution in [3.8, 4) is 12.3 Å². The Labute approximate surface area is 77.1 Å². The molecule has 1 aliphatic heterocycles. The van der Waals surface area contributed by atoms with Crippen LogP contribution in [0.1, 0.15) is 12.8 Å². The number of nitrogens with two attached hydrogens (primary N) is 1. The van der Waals surface area contributed by atoms with Crippen molar-refractivity contribution in [2.24, 2.45) is 11.1 Å². The summed E-state index contributed by atoms with van der Waals surface area (Å²) >= 11 is 0. The van der Waals surface area contributed by atoms with Gasteiger partial charge in [-0.15, -0.1) is 12.3 Å². The van der Waals surface area contributed by atoms with E-state index in [9.17, 15) is 9.59 Å². The van der Waals surface area contributed by atoms with Crippen LogP contribution in [0.25, 0.3) is 0 Å². The van der Waals surface area contributed by atoms with Crippen LogP contribution in [0.2, 0.25) is 0 Å². The second-order valence-electron chi connectivity index (χ2n) is 3.30. The zero-order chi connectivity index (χ0) is 10.1. The molecule has 0 spiro atoms. The van der Waals surface area contributed by atoms with E-state index in [4.69, 9.17) is 12.2 Å². The summed E-state index contributed by atoms with van der Waals surface area (Å²) in [4.78, 5) is 24.2. The fourth-order valence-corrected chi connectivity index (χ4v) is 1.59. The number of rotatable bonds is 2. The zero-order valence-electron chi connectivity index (χ0n) is 7.54. The number of carbonyl (C=O) groups excluding carboxylic acids is 2. The highest BCUT2D eigenvalue weighted by atomic mass is 16.2. The lowest BCUT2D eigenvalue weighted by Gasteiger charge is -2.20. The van der Waals surface area contributed by atoms with E-state index in [0.29, 0.717) is 13.0 Å². The third-order valence-electron chi connectivity index (χ3n) is 2.51. The molecule has 4 nitrogen and oxygen atoms in total. The lowest BCUT2D eigenvalue weighted by Crippen LogP contribution is -2.43. The summed E-state index contributed by atoms with van der Waals surface area (Å²) in [5.41, 5.74) is 4.05. The SMILES string of the molecule is C#CC[C@]1(C(N)=O)CCN(C)C1=O. The van der Waals surface area contributed by atoms with Gasteiger partial charge in [0.15, 0.2) is 0 Å². The highest BCUT2D eigenvalue weighted by molar-refractivity contribution is 6.05. The summed E-state index contributed by atoms with van der Waals surface area (Å²) in [7, 11) is 1.64. The first-order valence-electron chi connectivity index (χ1n) is 4.03. The van der Waals surface area contributed by atoms with Crippen LogP contribution in [-0.2, 0) is 9.59 Å². The topological polar surface area (TPSA) is 63.4 Å². The van der Waals surface area contributed by atoms with Crippen LogP contribution in [-0.4, -0.2) is 30.3 Å². The smallest absolute Gasteiger partial charge is 0.239 e. The molecule has 70 valence electrons. The van der Waals surface area contributed by atoms with Crippen LogP contribution in [0, 0.1) is 17.8 Å². The molecule has 1 heterocycles. The van der Waals surface area contributed by atoms with Crippen LogP contribution >= 0.6 is 0 Å². The Balaban J connectivity index is 3.00. The lowest BCUT2D eigenvalue weighted by atomic mass is 9.82. The van der Waals surface area contributed by atoms with Crippen molar-refractivity contribution in [3.05, 3.63) is 0 Å². The van der Waals surface area contributed by atoms with Crippen molar-refractivity contribution in [2.45, 2.75) is 12.8 Å². The molecule has 1 saturated heterocycles. The second-order valence-corrected chi connectivity index (χ2v) is 3.30. The third kappa shape index (κ3) is 1.26. The minimum absolute atomic E-state index is 0.103. The van der Waals surface area contributed by atoms with Crippen molar-refractivity contribution in [3.63, 3.8) is 0 Å². The van der Waals surface area contributed by atoms with Gasteiger partial charge in [-0.25, -0.2) is 0 Å². The van der Waals surface area contributed by atoms with Gasteiger partial charge < -0.3 is 10.6 Å². The zero-order valence-corrected chi connectivity index (χ0v) is 7.54. The van der Waals surface area contributed by atoms with E-state index in [-0.39, 0.29) is 12.3 Å². The molecule has 2 amide bonds. The molecule has 0 aliphatic carbocycles. The Bertz CT molecular complexity index is 292. The summed E-state index contributed by atoms with van der Waals surface area (Å²) in [6.45, 7) is 0.545. The molecule has 0 aromatic carbocycles. The molecule has 0 bridgehead atoms. The first kappa shape index (κ1) is 9.59. The van der Waals surface area contributed by atoms with Gasteiger partial charge in [-0.3, -0.25) is 9.59 Å². The maximum atomic E-state index is 11.6. The molecule has 0 aromatic rings. The lowest BCUT2D eigenvalue weighted by molar-refractivity contribution is -0.142. The molecule has 2 N–H and O–H groups in total. The van der Waals surface area contributed by atoms with Crippen molar-refractivity contribution < 1.29 is 9.59 Å². The van der Waals surface area contributed by atoms with Gasteiger partial charge in [0.2, 0.25) is 11.8 Å². The van der Waals surface area contributed by atoms with Gasteiger partial charge in [-0.1, -0.05) is 0 Å². The first-order chi connectivity index (χ1) is 6.04. The molecule has 0 aromatic heterocycles. The Kier molecular flexibility index (Phi) is 2.28. The van der Waals surface area contributed by atoms with E-state index in [1.165, 1.54) is 4.90 Å². The third-order valence-corrected chi connectivity index (χ3v) is 2.51. The number of carbonyl (C=O) groups is 2. The molecule has 1 rings (SSSR count). The van der Waals surface area contributed by atoms with Gasteiger partial charge in [-0.2, -0.15) is 0 Å². The maximum Gasteiger partial charge on any atom is 0.239 e. The van der Waals surface area contributed by atoms with Gasteiger partial charge in [0.25, 0.3) is 0 Å². The summed E-state index contributed by atoms with van der Waals surface area (Å²) in [6.07, 6.45) is 5.65. The van der Waals surface area contributed by atoms with Crippen LogP contribution < -0.4 is 5.73 Å². The normalized spacial score (nSPS) is 27.4. The summed E-state index contributed by atoms with van der Waals surface area (Å²) < 4.78 is 0. The molecule has 0 radical (unpaired) electrons. The average Bonchev–Trinajstić information content (AvgIpc) is 2.34. The van der Waals surface area contributed by atoms with Crippen LogP contribution in [0.15, 0.2) is 0 Å². The van der Waals surface area contributed by atoms with Crippen molar-refractivity contribution >= 4 is 11.8 Å². The molecule has 1 atom stereocenters. The predicted octanol–water partition coefficient (Wildman–Crippen LogP) is -0.657. The number of hydrogen-bond acceptors (Lipinski definition) is 2. The minimum Gasteiger partial charge on any atom is -0.369 e. The van der Waals surface area contributed by atoms with Gasteiger partial charge in [-0.05, 0) is 6.42 Å². The van der Waals surface area contributed by atoms with E-state index in [1.807, 2.05) is 0 Å². The van der Waals surface area contributed by atoms with E-state index in [1.54, 1.807) is 7.05 Å². The molecule has 13 heavy (non-hydrogen) atoms. The average molecular weight is 180 g/mol. The van der Waals surface area contributed by atoms with Gasteiger partial charge in [0.1, 0.15) is 5.41 Å².